The highest BCUT2D eigenvalue weighted by Crippen LogP contribution is 2.31. The molecular formula is C14H15N3OS2. The second-order valence-electron chi connectivity index (χ2n) is 4.35. The normalized spacial score (nSPS) is 11.1. The molecule has 0 radical (unpaired) electrons. The minimum Gasteiger partial charge on any atom is -0.477 e. The molecule has 3 aromatic rings. The predicted molar refractivity (Wildman–Crippen MR) is 84.7 cm³/mol. The van der Waals surface area contributed by atoms with E-state index in [4.69, 9.17) is 10.5 Å². The fourth-order valence-corrected chi connectivity index (χ4v) is 3.60. The maximum atomic E-state index is 5.81. The average molecular weight is 305 g/mol. The number of nitrogen functional groups attached to an aromatic ring is 1. The van der Waals surface area contributed by atoms with Crippen molar-refractivity contribution in [1.82, 2.24) is 9.97 Å². The Bertz CT molecular complexity index is 707. The number of aromatic nitrogens is 2. The summed E-state index contributed by atoms with van der Waals surface area (Å²) in [7, 11) is 0. The van der Waals surface area contributed by atoms with Gasteiger partial charge in [0.05, 0.1) is 12.0 Å². The van der Waals surface area contributed by atoms with Gasteiger partial charge in [-0.05, 0) is 23.9 Å². The molecule has 0 amide bonds. The van der Waals surface area contributed by atoms with E-state index in [0.29, 0.717) is 12.5 Å². The van der Waals surface area contributed by atoms with Gasteiger partial charge < -0.3 is 10.5 Å². The molecule has 0 fully saturated rings. The van der Waals surface area contributed by atoms with Crippen molar-refractivity contribution >= 4 is 38.8 Å². The third-order valence-corrected chi connectivity index (χ3v) is 5.05. The number of nitrogens with two attached hydrogens (primary N) is 1. The molecule has 6 heteroatoms. The lowest BCUT2D eigenvalue weighted by Crippen LogP contribution is -2.04. The van der Waals surface area contributed by atoms with E-state index in [1.54, 1.807) is 22.7 Å². The standard InChI is InChI=1S/C14H15N3OS2/c1-2-9-8-11-12(16-14(15)17-13(11)20-9)18-6-5-10-4-3-7-19-10/h3-4,7-8H,2,5-6H2,1H3,(H2,15,16,17). The van der Waals surface area contributed by atoms with E-state index in [-0.39, 0.29) is 5.95 Å². The zero-order valence-corrected chi connectivity index (χ0v) is 12.8. The molecule has 0 saturated carbocycles. The summed E-state index contributed by atoms with van der Waals surface area (Å²) >= 11 is 3.38. The summed E-state index contributed by atoms with van der Waals surface area (Å²) in [6.07, 6.45) is 1.86. The lowest BCUT2D eigenvalue weighted by Gasteiger charge is -2.06. The van der Waals surface area contributed by atoms with Crippen LogP contribution in [0.25, 0.3) is 10.2 Å². The quantitative estimate of drug-likeness (QED) is 0.783. The summed E-state index contributed by atoms with van der Waals surface area (Å²) in [4.78, 5) is 12.0. The molecule has 0 aliphatic carbocycles. The van der Waals surface area contributed by atoms with Crippen molar-refractivity contribution in [2.24, 2.45) is 0 Å². The van der Waals surface area contributed by atoms with Crippen molar-refractivity contribution in [2.75, 3.05) is 12.3 Å². The minimum absolute atomic E-state index is 0.271. The smallest absolute Gasteiger partial charge is 0.227 e. The molecule has 0 bridgehead atoms. The number of ether oxygens (including phenoxy) is 1. The molecule has 0 atom stereocenters. The van der Waals surface area contributed by atoms with Gasteiger partial charge in [-0.15, -0.1) is 22.7 Å². The van der Waals surface area contributed by atoms with E-state index in [9.17, 15) is 0 Å². The monoisotopic (exact) mass is 305 g/mol. The van der Waals surface area contributed by atoms with Gasteiger partial charge in [0.2, 0.25) is 11.8 Å². The number of thiophene rings is 2. The van der Waals surface area contributed by atoms with Gasteiger partial charge in [0.15, 0.2) is 0 Å². The first-order chi connectivity index (χ1) is 9.76. The van der Waals surface area contributed by atoms with E-state index in [0.717, 1.165) is 23.1 Å². The van der Waals surface area contributed by atoms with Crippen molar-refractivity contribution < 1.29 is 4.74 Å². The molecule has 104 valence electrons. The van der Waals surface area contributed by atoms with Crippen LogP contribution in [0.1, 0.15) is 16.7 Å². The summed E-state index contributed by atoms with van der Waals surface area (Å²) in [6.45, 7) is 2.72. The first-order valence-electron chi connectivity index (χ1n) is 6.47. The molecule has 0 aromatic carbocycles. The molecule has 3 aromatic heterocycles. The highest BCUT2D eigenvalue weighted by atomic mass is 32.1. The molecular weight excluding hydrogens is 290 g/mol. The lowest BCUT2D eigenvalue weighted by atomic mass is 10.3. The number of anilines is 1. The Balaban J connectivity index is 1.80. The Hall–Kier alpha value is -1.66. The third kappa shape index (κ3) is 2.76. The van der Waals surface area contributed by atoms with Gasteiger partial charge in [-0.2, -0.15) is 4.98 Å². The predicted octanol–water partition coefficient (Wildman–Crippen LogP) is 3.52. The van der Waals surface area contributed by atoms with Gasteiger partial charge in [-0.1, -0.05) is 13.0 Å². The summed E-state index contributed by atoms with van der Waals surface area (Å²) < 4.78 is 5.81. The first-order valence-corrected chi connectivity index (χ1v) is 8.17. The second-order valence-corrected chi connectivity index (χ2v) is 6.50. The van der Waals surface area contributed by atoms with Gasteiger partial charge in [-0.25, -0.2) is 4.98 Å². The number of fused-ring (bicyclic) bond motifs is 1. The second kappa shape index (κ2) is 5.76. The number of aryl methyl sites for hydroxylation is 1. The molecule has 0 spiro atoms. The SMILES string of the molecule is CCc1cc2c(OCCc3cccs3)nc(N)nc2s1. The maximum Gasteiger partial charge on any atom is 0.227 e. The first kappa shape index (κ1) is 13.3. The van der Waals surface area contributed by atoms with Crippen molar-refractivity contribution in [3.63, 3.8) is 0 Å². The number of nitrogens with zero attached hydrogens (tertiary/aromatic N) is 2. The Morgan fingerprint density at radius 1 is 1.30 bits per heavy atom. The van der Waals surface area contributed by atoms with E-state index < -0.39 is 0 Å². The van der Waals surface area contributed by atoms with Crippen molar-refractivity contribution in [3.05, 3.63) is 33.3 Å². The minimum atomic E-state index is 0.271. The van der Waals surface area contributed by atoms with Crippen LogP contribution < -0.4 is 10.5 Å². The molecule has 20 heavy (non-hydrogen) atoms. The van der Waals surface area contributed by atoms with Crippen molar-refractivity contribution in [3.8, 4) is 5.88 Å². The van der Waals surface area contributed by atoms with Crippen LogP contribution in [0.5, 0.6) is 5.88 Å². The lowest BCUT2D eigenvalue weighted by molar-refractivity contribution is 0.315. The summed E-state index contributed by atoms with van der Waals surface area (Å²) in [5, 5.41) is 3.04. The summed E-state index contributed by atoms with van der Waals surface area (Å²) in [6, 6.07) is 6.25. The number of hydrogen-bond donors (Lipinski definition) is 1. The van der Waals surface area contributed by atoms with Crippen LogP contribution in [0, 0.1) is 0 Å². The highest BCUT2D eigenvalue weighted by molar-refractivity contribution is 7.18. The zero-order valence-electron chi connectivity index (χ0n) is 11.1. The summed E-state index contributed by atoms with van der Waals surface area (Å²) in [5.74, 6) is 0.869. The van der Waals surface area contributed by atoms with E-state index >= 15 is 0 Å². The third-order valence-electron chi connectivity index (χ3n) is 2.94. The molecule has 3 rings (SSSR count). The average Bonchev–Trinajstić information content (AvgIpc) is 3.06. The summed E-state index contributed by atoms with van der Waals surface area (Å²) in [5.41, 5.74) is 5.75. The Kier molecular flexibility index (Phi) is 3.84. The fourth-order valence-electron chi connectivity index (χ4n) is 1.95. The van der Waals surface area contributed by atoms with Crippen LogP contribution >= 0.6 is 22.7 Å². The van der Waals surface area contributed by atoms with E-state index in [2.05, 4.69) is 34.4 Å². The molecule has 3 heterocycles. The van der Waals surface area contributed by atoms with Crippen molar-refractivity contribution in [1.29, 1.82) is 0 Å². The molecule has 2 N–H and O–H groups in total. The zero-order chi connectivity index (χ0) is 13.9. The van der Waals surface area contributed by atoms with Gasteiger partial charge >= 0.3 is 0 Å². The van der Waals surface area contributed by atoms with Crippen LogP contribution in [0.15, 0.2) is 23.6 Å². The molecule has 0 unspecified atom stereocenters. The maximum absolute atomic E-state index is 5.81. The highest BCUT2D eigenvalue weighted by Gasteiger charge is 2.11. The Labute approximate surface area is 125 Å². The van der Waals surface area contributed by atoms with Gasteiger partial charge in [0.1, 0.15) is 4.83 Å². The van der Waals surface area contributed by atoms with Crippen LogP contribution in [0.4, 0.5) is 5.95 Å². The van der Waals surface area contributed by atoms with E-state index in [1.165, 1.54) is 9.75 Å². The molecule has 0 aliphatic rings. The van der Waals surface area contributed by atoms with Crippen molar-refractivity contribution in [2.45, 2.75) is 19.8 Å². The van der Waals surface area contributed by atoms with Crippen LogP contribution in [-0.4, -0.2) is 16.6 Å². The fraction of sp³-hybridized carbons (Fsp3) is 0.286. The Morgan fingerprint density at radius 2 is 2.20 bits per heavy atom. The van der Waals surface area contributed by atoms with Gasteiger partial charge in [-0.3, -0.25) is 0 Å². The Morgan fingerprint density at radius 3 is 2.95 bits per heavy atom. The molecule has 0 saturated heterocycles. The van der Waals surface area contributed by atoms with Gasteiger partial charge in [0, 0.05) is 16.2 Å². The largest absolute Gasteiger partial charge is 0.477 e. The number of hydrogen-bond acceptors (Lipinski definition) is 6. The van der Waals surface area contributed by atoms with Crippen LogP contribution in [-0.2, 0) is 12.8 Å². The van der Waals surface area contributed by atoms with Gasteiger partial charge in [0.25, 0.3) is 0 Å². The molecule has 4 nitrogen and oxygen atoms in total. The number of rotatable bonds is 5. The van der Waals surface area contributed by atoms with Crippen LogP contribution in [0.2, 0.25) is 0 Å². The molecule has 0 aliphatic heterocycles. The topological polar surface area (TPSA) is 61.0 Å². The van der Waals surface area contributed by atoms with E-state index in [1.807, 2.05) is 6.07 Å². The van der Waals surface area contributed by atoms with Crippen LogP contribution in [0.3, 0.4) is 0 Å².